The molecule has 0 aliphatic heterocycles. The minimum absolute atomic E-state index is 0.263. The van der Waals surface area contributed by atoms with E-state index in [1.165, 1.54) is 7.11 Å². The zero-order chi connectivity index (χ0) is 10.6. The maximum Gasteiger partial charge on any atom is 0.140 e. The summed E-state index contributed by atoms with van der Waals surface area (Å²) in [6, 6.07) is 7.71. The lowest BCUT2D eigenvalue weighted by atomic mass is 10.0. The molecule has 14 heavy (non-hydrogen) atoms. The maximum atomic E-state index is 8.85. The maximum absolute atomic E-state index is 8.85. The number of nitrogens with zero attached hydrogens (tertiary/aromatic N) is 2. The van der Waals surface area contributed by atoms with Crippen LogP contribution in [0.2, 0.25) is 0 Å². The van der Waals surface area contributed by atoms with Crippen molar-refractivity contribution in [3.63, 3.8) is 0 Å². The zero-order valence-corrected chi connectivity index (χ0v) is 8.16. The van der Waals surface area contributed by atoms with E-state index in [-0.39, 0.29) is 6.42 Å². The van der Waals surface area contributed by atoms with Gasteiger partial charge in [-0.3, -0.25) is 0 Å². The lowest BCUT2D eigenvalue weighted by Gasteiger charge is -2.08. The van der Waals surface area contributed by atoms with Gasteiger partial charge >= 0.3 is 0 Å². The molecule has 3 nitrogen and oxygen atoms in total. The van der Waals surface area contributed by atoms with Gasteiger partial charge in [-0.15, -0.1) is 0 Å². The largest absolute Gasteiger partial charge is 0.495 e. The van der Waals surface area contributed by atoms with E-state index < -0.39 is 0 Å². The molecule has 0 aliphatic carbocycles. The minimum Gasteiger partial charge on any atom is -0.495 e. The fraction of sp³-hybridized carbons (Fsp3) is 0.273. The Morgan fingerprint density at radius 2 is 2.07 bits per heavy atom. The average molecular weight is 186 g/mol. The predicted octanol–water partition coefficient (Wildman–Crippen LogP) is 1.94. The predicted molar refractivity (Wildman–Crippen MR) is 51.8 cm³/mol. The summed E-state index contributed by atoms with van der Waals surface area (Å²) in [5.74, 6) is 0.514. The molecule has 0 unspecified atom stereocenters. The summed E-state index contributed by atoms with van der Waals surface area (Å²) in [6.07, 6.45) is 0.263. The van der Waals surface area contributed by atoms with Crippen LogP contribution in [0.5, 0.6) is 5.75 Å². The lowest BCUT2D eigenvalue weighted by Crippen LogP contribution is -1.95. The van der Waals surface area contributed by atoms with Gasteiger partial charge in [0.15, 0.2) is 0 Å². The van der Waals surface area contributed by atoms with Gasteiger partial charge in [-0.1, -0.05) is 6.07 Å². The number of benzene rings is 1. The summed E-state index contributed by atoms with van der Waals surface area (Å²) in [6.45, 7) is 1.89. The SMILES string of the molecule is COc1c(C#N)cc(C)cc1CC#N. The van der Waals surface area contributed by atoms with Gasteiger partial charge in [0.1, 0.15) is 11.8 Å². The molecule has 1 rings (SSSR count). The van der Waals surface area contributed by atoms with E-state index in [0.717, 1.165) is 11.1 Å². The van der Waals surface area contributed by atoms with Crippen molar-refractivity contribution in [2.75, 3.05) is 7.11 Å². The monoisotopic (exact) mass is 186 g/mol. The number of ether oxygens (including phenoxy) is 1. The highest BCUT2D eigenvalue weighted by atomic mass is 16.5. The summed E-state index contributed by atoms with van der Waals surface area (Å²) in [7, 11) is 1.51. The van der Waals surface area contributed by atoms with Crippen LogP contribution in [0, 0.1) is 29.6 Å². The third kappa shape index (κ3) is 1.84. The van der Waals surface area contributed by atoms with Crippen molar-refractivity contribution >= 4 is 0 Å². The molecule has 0 fully saturated rings. The van der Waals surface area contributed by atoms with Crippen molar-refractivity contribution in [2.45, 2.75) is 13.3 Å². The normalized spacial score (nSPS) is 8.86. The van der Waals surface area contributed by atoms with Crippen molar-refractivity contribution < 1.29 is 4.74 Å². The second kappa shape index (κ2) is 4.30. The second-order valence-corrected chi connectivity index (χ2v) is 2.95. The Hall–Kier alpha value is -2.00. The summed E-state index contributed by atoms with van der Waals surface area (Å²) >= 11 is 0. The van der Waals surface area contributed by atoms with Gasteiger partial charge in [0.25, 0.3) is 0 Å². The Kier molecular flexibility index (Phi) is 3.09. The molecule has 0 saturated carbocycles. The molecule has 0 spiro atoms. The number of rotatable bonds is 2. The van der Waals surface area contributed by atoms with E-state index in [1.54, 1.807) is 6.07 Å². The van der Waals surface area contributed by atoms with Crippen LogP contribution in [0.4, 0.5) is 0 Å². The molecule has 0 aromatic heterocycles. The highest BCUT2D eigenvalue weighted by Crippen LogP contribution is 2.25. The van der Waals surface area contributed by atoms with Gasteiger partial charge in [0.2, 0.25) is 0 Å². The molecule has 3 heteroatoms. The molecule has 0 bridgehead atoms. The van der Waals surface area contributed by atoms with Crippen molar-refractivity contribution in [3.8, 4) is 17.9 Å². The fourth-order valence-corrected chi connectivity index (χ4v) is 1.39. The van der Waals surface area contributed by atoms with E-state index in [0.29, 0.717) is 11.3 Å². The van der Waals surface area contributed by atoms with Crippen LogP contribution in [0.15, 0.2) is 12.1 Å². The zero-order valence-electron chi connectivity index (χ0n) is 8.16. The summed E-state index contributed by atoms with van der Waals surface area (Å²) in [5, 5.41) is 17.5. The van der Waals surface area contributed by atoms with E-state index in [1.807, 2.05) is 19.1 Å². The molecule has 70 valence electrons. The molecular weight excluding hydrogens is 176 g/mol. The summed E-state index contributed by atoms with van der Waals surface area (Å²) in [5.41, 5.74) is 2.22. The third-order valence-electron chi connectivity index (χ3n) is 1.90. The number of aryl methyl sites for hydroxylation is 1. The van der Waals surface area contributed by atoms with Gasteiger partial charge in [-0.25, -0.2) is 0 Å². The Balaban J connectivity index is 3.35. The van der Waals surface area contributed by atoms with Crippen molar-refractivity contribution in [1.29, 1.82) is 10.5 Å². The van der Waals surface area contributed by atoms with Crippen molar-refractivity contribution in [1.82, 2.24) is 0 Å². The van der Waals surface area contributed by atoms with Crippen molar-refractivity contribution in [3.05, 3.63) is 28.8 Å². The molecule has 1 aromatic rings. The molecule has 0 heterocycles. The molecule has 0 radical (unpaired) electrons. The second-order valence-electron chi connectivity index (χ2n) is 2.95. The number of hydrogen-bond donors (Lipinski definition) is 0. The topological polar surface area (TPSA) is 56.8 Å². The van der Waals surface area contributed by atoms with Crippen molar-refractivity contribution in [2.24, 2.45) is 0 Å². The van der Waals surface area contributed by atoms with E-state index >= 15 is 0 Å². The lowest BCUT2D eigenvalue weighted by molar-refractivity contribution is 0.409. The van der Waals surface area contributed by atoms with E-state index in [9.17, 15) is 0 Å². The highest BCUT2D eigenvalue weighted by Gasteiger charge is 2.09. The van der Waals surface area contributed by atoms with E-state index in [2.05, 4.69) is 6.07 Å². The van der Waals surface area contributed by atoms with Crippen LogP contribution in [-0.2, 0) is 6.42 Å². The number of hydrogen-bond acceptors (Lipinski definition) is 3. The summed E-state index contributed by atoms with van der Waals surface area (Å²) < 4.78 is 5.10. The molecule has 1 aromatic carbocycles. The molecular formula is C11H10N2O. The standard InChI is InChI=1S/C11H10N2O/c1-8-5-9(3-4-12)11(14-2)10(6-8)7-13/h5-6H,3H2,1-2H3. The van der Waals surface area contributed by atoms with Crippen LogP contribution in [0.3, 0.4) is 0 Å². The summed E-state index contributed by atoms with van der Waals surface area (Å²) in [4.78, 5) is 0. The molecule has 0 atom stereocenters. The molecule has 0 amide bonds. The minimum atomic E-state index is 0.263. The van der Waals surface area contributed by atoms with Crippen LogP contribution in [-0.4, -0.2) is 7.11 Å². The first-order valence-corrected chi connectivity index (χ1v) is 4.17. The first-order valence-electron chi connectivity index (χ1n) is 4.17. The van der Waals surface area contributed by atoms with Crippen LogP contribution in [0.1, 0.15) is 16.7 Å². The number of methoxy groups -OCH3 is 1. The number of nitriles is 2. The van der Waals surface area contributed by atoms with Gasteiger partial charge in [-0.2, -0.15) is 10.5 Å². The van der Waals surface area contributed by atoms with Gasteiger partial charge < -0.3 is 4.74 Å². The van der Waals surface area contributed by atoms with Gasteiger partial charge in [0, 0.05) is 5.56 Å². The molecule has 0 N–H and O–H groups in total. The first-order chi connectivity index (χ1) is 6.72. The molecule has 0 aliphatic rings. The Morgan fingerprint density at radius 1 is 1.36 bits per heavy atom. The third-order valence-corrected chi connectivity index (χ3v) is 1.90. The Morgan fingerprint density at radius 3 is 2.57 bits per heavy atom. The first kappa shape index (κ1) is 10.1. The Bertz CT molecular complexity index is 424. The van der Waals surface area contributed by atoms with Crippen LogP contribution in [0.25, 0.3) is 0 Å². The van der Waals surface area contributed by atoms with Gasteiger partial charge in [-0.05, 0) is 18.6 Å². The average Bonchev–Trinajstić information content (AvgIpc) is 2.17. The quantitative estimate of drug-likeness (QED) is 0.709. The van der Waals surface area contributed by atoms with Crippen LogP contribution < -0.4 is 4.74 Å². The smallest absolute Gasteiger partial charge is 0.140 e. The van der Waals surface area contributed by atoms with Crippen LogP contribution >= 0.6 is 0 Å². The molecule has 0 saturated heterocycles. The van der Waals surface area contributed by atoms with Gasteiger partial charge in [0.05, 0.1) is 25.2 Å². The fourth-order valence-electron chi connectivity index (χ4n) is 1.39. The Labute approximate surface area is 83.2 Å². The van der Waals surface area contributed by atoms with E-state index in [4.69, 9.17) is 15.3 Å². The highest BCUT2D eigenvalue weighted by molar-refractivity contribution is 5.51.